The van der Waals surface area contributed by atoms with Gasteiger partial charge in [-0.05, 0) is 38.6 Å². The maximum Gasteiger partial charge on any atom is 0.0237 e. The summed E-state index contributed by atoms with van der Waals surface area (Å²) in [6.07, 6.45) is 3.58. The van der Waals surface area contributed by atoms with Crippen molar-refractivity contribution < 1.29 is 0 Å². The number of hydrogen-bond acceptors (Lipinski definition) is 2. The lowest BCUT2D eigenvalue weighted by Crippen LogP contribution is -2.35. The summed E-state index contributed by atoms with van der Waals surface area (Å²) in [5.41, 5.74) is 4.20. The van der Waals surface area contributed by atoms with E-state index in [9.17, 15) is 0 Å². The normalized spacial score (nSPS) is 17.0. The fourth-order valence-corrected chi connectivity index (χ4v) is 2.31. The summed E-state index contributed by atoms with van der Waals surface area (Å²) in [6, 6.07) is 8.90. The fourth-order valence-electron chi connectivity index (χ4n) is 2.31. The topological polar surface area (TPSA) is 6.48 Å². The Hall–Kier alpha value is -1.12. The van der Waals surface area contributed by atoms with Crippen molar-refractivity contribution in [3.05, 3.63) is 41.5 Å². The maximum absolute atomic E-state index is 2.55. The van der Waals surface area contributed by atoms with Gasteiger partial charge in [-0.25, -0.2) is 0 Å². The maximum atomic E-state index is 2.55. The van der Waals surface area contributed by atoms with Crippen LogP contribution in [0.15, 0.2) is 30.3 Å². The zero-order valence-corrected chi connectivity index (χ0v) is 11.8. The quantitative estimate of drug-likeness (QED) is 0.803. The van der Waals surface area contributed by atoms with Crippen LogP contribution in [0.4, 0.5) is 0 Å². The Labute approximate surface area is 111 Å². The Bertz CT molecular complexity index is 404. The van der Waals surface area contributed by atoms with Crippen molar-refractivity contribution in [2.45, 2.75) is 13.3 Å². The molecule has 1 heterocycles. The predicted molar refractivity (Wildman–Crippen MR) is 78.8 cm³/mol. The van der Waals surface area contributed by atoms with Gasteiger partial charge < -0.3 is 4.90 Å². The SMILES string of the molecule is Cc1ccc(C2=CCCN(CCN(C)C)C2)cc1. The minimum Gasteiger partial charge on any atom is -0.308 e. The number of likely N-dealkylation sites (N-methyl/N-ethyl adjacent to an activating group) is 1. The van der Waals surface area contributed by atoms with Crippen LogP contribution in [0, 0.1) is 6.92 Å². The van der Waals surface area contributed by atoms with Crippen LogP contribution >= 0.6 is 0 Å². The van der Waals surface area contributed by atoms with Crippen LogP contribution in [-0.4, -0.2) is 50.1 Å². The Kier molecular flexibility index (Phi) is 4.56. The summed E-state index contributed by atoms with van der Waals surface area (Å²) >= 11 is 0. The molecular formula is C16H24N2. The first-order chi connectivity index (χ1) is 8.65. The molecule has 0 bridgehead atoms. The zero-order valence-electron chi connectivity index (χ0n) is 11.8. The number of hydrogen-bond donors (Lipinski definition) is 0. The lowest BCUT2D eigenvalue weighted by atomic mass is 10.00. The van der Waals surface area contributed by atoms with Crippen LogP contribution in [0.25, 0.3) is 5.57 Å². The monoisotopic (exact) mass is 244 g/mol. The molecule has 0 amide bonds. The average molecular weight is 244 g/mol. The average Bonchev–Trinajstić information content (AvgIpc) is 2.37. The summed E-state index contributed by atoms with van der Waals surface area (Å²) in [6.45, 7) is 6.74. The minimum absolute atomic E-state index is 1.09. The molecule has 0 aromatic heterocycles. The first-order valence-corrected chi connectivity index (χ1v) is 6.78. The molecule has 0 atom stereocenters. The van der Waals surface area contributed by atoms with Crippen LogP contribution in [0.2, 0.25) is 0 Å². The highest BCUT2D eigenvalue weighted by molar-refractivity contribution is 5.67. The first kappa shape index (κ1) is 13.3. The van der Waals surface area contributed by atoms with E-state index >= 15 is 0 Å². The summed E-state index contributed by atoms with van der Waals surface area (Å²) in [4.78, 5) is 4.80. The van der Waals surface area contributed by atoms with Gasteiger partial charge >= 0.3 is 0 Å². The molecule has 2 rings (SSSR count). The van der Waals surface area contributed by atoms with Crippen molar-refractivity contribution >= 4 is 5.57 Å². The molecular weight excluding hydrogens is 220 g/mol. The third-order valence-corrected chi connectivity index (χ3v) is 3.52. The number of aryl methyl sites for hydroxylation is 1. The Morgan fingerprint density at radius 2 is 1.89 bits per heavy atom. The molecule has 0 spiro atoms. The lowest BCUT2D eigenvalue weighted by Gasteiger charge is -2.28. The highest BCUT2D eigenvalue weighted by atomic mass is 15.2. The second-order valence-corrected chi connectivity index (χ2v) is 5.46. The summed E-state index contributed by atoms with van der Waals surface area (Å²) in [5.74, 6) is 0. The van der Waals surface area contributed by atoms with Gasteiger partial charge in [0.05, 0.1) is 0 Å². The van der Waals surface area contributed by atoms with E-state index in [0.29, 0.717) is 0 Å². The van der Waals surface area contributed by atoms with Gasteiger partial charge in [0.15, 0.2) is 0 Å². The molecule has 1 aromatic carbocycles. The largest absolute Gasteiger partial charge is 0.308 e. The third-order valence-electron chi connectivity index (χ3n) is 3.52. The summed E-state index contributed by atoms with van der Waals surface area (Å²) in [7, 11) is 4.28. The predicted octanol–water partition coefficient (Wildman–Crippen LogP) is 2.65. The van der Waals surface area contributed by atoms with E-state index in [1.165, 1.54) is 29.7 Å². The van der Waals surface area contributed by atoms with Crippen LogP contribution in [-0.2, 0) is 0 Å². The molecule has 18 heavy (non-hydrogen) atoms. The van der Waals surface area contributed by atoms with Gasteiger partial charge in [-0.3, -0.25) is 4.90 Å². The molecule has 1 aliphatic rings. The molecule has 0 aliphatic carbocycles. The smallest absolute Gasteiger partial charge is 0.0237 e. The van der Waals surface area contributed by atoms with Gasteiger partial charge in [-0.2, -0.15) is 0 Å². The van der Waals surface area contributed by atoms with Crippen molar-refractivity contribution in [2.75, 3.05) is 40.3 Å². The molecule has 1 aliphatic heterocycles. The molecule has 0 radical (unpaired) electrons. The molecule has 2 nitrogen and oxygen atoms in total. The molecule has 1 aromatic rings. The van der Waals surface area contributed by atoms with Crippen molar-refractivity contribution in [3.8, 4) is 0 Å². The lowest BCUT2D eigenvalue weighted by molar-refractivity contribution is 0.262. The van der Waals surface area contributed by atoms with Crippen molar-refractivity contribution in [2.24, 2.45) is 0 Å². The molecule has 0 fully saturated rings. The first-order valence-electron chi connectivity index (χ1n) is 6.78. The molecule has 0 saturated carbocycles. The van der Waals surface area contributed by atoms with Gasteiger partial charge in [0.1, 0.15) is 0 Å². The summed E-state index contributed by atoms with van der Waals surface area (Å²) in [5, 5.41) is 0. The highest BCUT2D eigenvalue weighted by Gasteiger charge is 2.13. The van der Waals surface area contributed by atoms with Crippen molar-refractivity contribution in [1.82, 2.24) is 9.80 Å². The highest BCUT2D eigenvalue weighted by Crippen LogP contribution is 2.20. The van der Waals surface area contributed by atoms with E-state index in [1.54, 1.807) is 0 Å². The number of rotatable bonds is 4. The van der Waals surface area contributed by atoms with Crippen LogP contribution in [0.1, 0.15) is 17.5 Å². The number of benzene rings is 1. The third kappa shape index (κ3) is 3.69. The molecule has 98 valence electrons. The van der Waals surface area contributed by atoms with Crippen LogP contribution in [0.5, 0.6) is 0 Å². The molecule has 2 heteroatoms. The van der Waals surface area contributed by atoms with E-state index < -0.39 is 0 Å². The van der Waals surface area contributed by atoms with Crippen molar-refractivity contribution in [1.29, 1.82) is 0 Å². The van der Waals surface area contributed by atoms with E-state index in [0.717, 1.165) is 19.6 Å². The Morgan fingerprint density at radius 1 is 1.17 bits per heavy atom. The van der Waals surface area contributed by atoms with Gasteiger partial charge in [0.2, 0.25) is 0 Å². The minimum atomic E-state index is 1.09. The molecule has 0 N–H and O–H groups in total. The Morgan fingerprint density at radius 3 is 2.56 bits per heavy atom. The van der Waals surface area contributed by atoms with E-state index in [-0.39, 0.29) is 0 Å². The van der Waals surface area contributed by atoms with Crippen LogP contribution < -0.4 is 0 Å². The fraction of sp³-hybridized carbons (Fsp3) is 0.500. The van der Waals surface area contributed by atoms with Gasteiger partial charge in [-0.15, -0.1) is 0 Å². The zero-order chi connectivity index (χ0) is 13.0. The second-order valence-electron chi connectivity index (χ2n) is 5.46. The van der Waals surface area contributed by atoms with Crippen molar-refractivity contribution in [3.63, 3.8) is 0 Å². The summed E-state index contributed by atoms with van der Waals surface area (Å²) < 4.78 is 0. The van der Waals surface area contributed by atoms with Gasteiger partial charge in [-0.1, -0.05) is 35.9 Å². The number of nitrogens with zero attached hydrogens (tertiary/aromatic N) is 2. The molecule has 0 saturated heterocycles. The van der Waals surface area contributed by atoms with E-state index in [2.05, 4.69) is 61.2 Å². The van der Waals surface area contributed by atoms with Crippen LogP contribution in [0.3, 0.4) is 0 Å². The van der Waals surface area contributed by atoms with E-state index in [4.69, 9.17) is 0 Å². The second kappa shape index (κ2) is 6.17. The standard InChI is InChI=1S/C16H24N2/c1-14-6-8-15(9-7-14)16-5-4-10-18(13-16)12-11-17(2)3/h5-9H,4,10-13H2,1-3H3. The van der Waals surface area contributed by atoms with Gasteiger partial charge in [0.25, 0.3) is 0 Å². The Balaban J connectivity index is 1.98. The van der Waals surface area contributed by atoms with E-state index in [1.807, 2.05) is 0 Å². The molecule has 0 unspecified atom stereocenters. The van der Waals surface area contributed by atoms with Gasteiger partial charge in [0, 0.05) is 26.2 Å².